The Morgan fingerprint density at radius 3 is 2.68 bits per heavy atom. The number of anilines is 1. The standard InChI is InChI=1S/C30H32ClN3/c1-21-8-9-23-6-3-4-7-26(23)30(22(21)2)24-13-18-34(19-14-24)17-5-15-32-28-12-16-33-29-20-25(31)10-11-27(28)29/h3-4,6-12,16,20H,5,13-15,17-19H2,1-2H3,(H,32,33). The van der Waals surface area contributed by atoms with Gasteiger partial charge in [0.15, 0.2) is 0 Å². The molecule has 0 bridgehead atoms. The number of hydrogen-bond acceptors (Lipinski definition) is 3. The molecule has 0 amide bonds. The van der Waals surface area contributed by atoms with Crippen LogP contribution in [0.4, 0.5) is 5.69 Å². The minimum atomic E-state index is 0.723. The fraction of sp³-hybridized carbons (Fsp3) is 0.300. The third kappa shape index (κ3) is 4.82. The van der Waals surface area contributed by atoms with E-state index in [1.807, 2.05) is 30.5 Å². The molecule has 4 heteroatoms. The Hall–Kier alpha value is -2.88. The lowest BCUT2D eigenvalue weighted by atomic mass is 9.86. The molecule has 0 saturated carbocycles. The van der Waals surface area contributed by atoms with Crippen molar-refractivity contribution in [1.29, 1.82) is 0 Å². The molecule has 174 valence electrons. The zero-order valence-electron chi connectivity index (χ0n) is 20.1. The molecule has 1 fully saturated rings. The first kappa shape index (κ1) is 22.9. The minimum absolute atomic E-state index is 0.723. The Morgan fingerprint density at radius 2 is 1.82 bits per heavy atom. The van der Waals surface area contributed by atoms with Gasteiger partial charge in [-0.1, -0.05) is 53.6 Å². The Labute approximate surface area is 207 Å². The molecule has 3 nitrogen and oxygen atoms in total. The summed E-state index contributed by atoms with van der Waals surface area (Å²) in [6.07, 6.45) is 9.80. The molecule has 2 aliphatic rings. The van der Waals surface area contributed by atoms with Crippen LogP contribution in [0.5, 0.6) is 0 Å². The summed E-state index contributed by atoms with van der Waals surface area (Å²) in [7, 11) is 0. The molecule has 1 N–H and O–H groups in total. The third-order valence-corrected chi connectivity index (χ3v) is 7.43. The monoisotopic (exact) mass is 469 g/mol. The molecule has 34 heavy (non-hydrogen) atoms. The fourth-order valence-corrected chi connectivity index (χ4v) is 5.33. The van der Waals surface area contributed by atoms with E-state index >= 15 is 0 Å². The highest BCUT2D eigenvalue weighted by Crippen LogP contribution is 2.37. The number of allylic oxidation sites excluding steroid dienone is 4. The van der Waals surface area contributed by atoms with Crippen molar-refractivity contribution >= 4 is 39.8 Å². The summed E-state index contributed by atoms with van der Waals surface area (Å²) in [5.74, 6) is 0. The van der Waals surface area contributed by atoms with E-state index in [9.17, 15) is 0 Å². The largest absolute Gasteiger partial charge is 0.384 e. The lowest BCUT2D eigenvalue weighted by molar-refractivity contribution is 0.256. The number of hydrogen-bond donors (Lipinski definition) is 1. The van der Waals surface area contributed by atoms with E-state index in [-0.39, 0.29) is 0 Å². The first-order valence-corrected chi connectivity index (χ1v) is 12.7. The van der Waals surface area contributed by atoms with E-state index in [1.165, 1.54) is 27.8 Å². The van der Waals surface area contributed by atoms with Crippen LogP contribution in [-0.2, 0) is 0 Å². The smallest absolute Gasteiger partial charge is 0.0737 e. The number of halogens is 1. The highest BCUT2D eigenvalue weighted by atomic mass is 35.5. The third-order valence-electron chi connectivity index (χ3n) is 7.19. The molecule has 0 spiro atoms. The van der Waals surface area contributed by atoms with Gasteiger partial charge in [0.05, 0.1) is 5.52 Å². The van der Waals surface area contributed by atoms with Crippen molar-refractivity contribution in [3.05, 3.63) is 93.7 Å². The summed E-state index contributed by atoms with van der Waals surface area (Å²) >= 11 is 6.12. The van der Waals surface area contributed by atoms with E-state index in [4.69, 9.17) is 11.6 Å². The van der Waals surface area contributed by atoms with Gasteiger partial charge in [0, 0.05) is 41.9 Å². The quantitative estimate of drug-likeness (QED) is 0.390. The second-order valence-corrected chi connectivity index (χ2v) is 9.79. The summed E-state index contributed by atoms with van der Waals surface area (Å²) in [6.45, 7) is 8.87. The SMILES string of the molecule is CC1=C(C)C(=C2CCN(CCCNc3ccnc4cc(Cl)ccc34)CC2)c2ccccc2C=C1. The van der Waals surface area contributed by atoms with Gasteiger partial charge in [-0.05, 0) is 91.8 Å². The maximum Gasteiger partial charge on any atom is 0.0737 e. The number of aromatic nitrogens is 1. The van der Waals surface area contributed by atoms with Gasteiger partial charge >= 0.3 is 0 Å². The predicted octanol–water partition coefficient (Wildman–Crippen LogP) is 7.60. The Morgan fingerprint density at radius 1 is 1.00 bits per heavy atom. The van der Waals surface area contributed by atoms with Crippen molar-refractivity contribution in [3.63, 3.8) is 0 Å². The summed E-state index contributed by atoms with van der Waals surface area (Å²) in [6, 6.07) is 16.8. The molecule has 1 aliphatic heterocycles. The molecular weight excluding hydrogens is 438 g/mol. The highest BCUT2D eigenvalue weighted by Gasteiger charge is 2.21. The topological polar surface area (TPSA) is 28.2 Å². The number of piperidine rings is 1. The second kappa shape index (κ2) is 10.2. The van der Waals surface area contributed by atoms with E-state index < -0.39 is 0 Å². The molecule has 1 aliphatic carbocycles. The molecule has 3 aromatic rings. The number of fused-ring (bicyclic) bond motifs is 2. The zero-order chi connectivity index (χ0) is 23.5. The average Bonchev–Trinajstić information content (AvgIpc) is 2.98. The Kier molecular flexibility index (Phi) is 6.85. The van der Waals surface area contributed by atoms with Crippen LogP contribution in [0.3, 0.4) is 0 Å². The molecule has 2 aromatic carbocycles. The maximum absolute atomic E-state index is 6.12. The summed E-state index contributed by atoms with van der Waals surface area (Å²) in [5.41, 5.74) is 10.7. The maximum atomic E-state index is 6.12. The number of pyridine rings is 1. The van der Waals surface area contributed by atoms with Gasteiger partial charge in [-0.15, -0.1) is 0 Å². The molecule has 2 heterocycles. The van der Waals surface area contributed by atoms with E-state index in [0.717, 1.165) is 67.1 Å². The number of likely N-dealkylation sites (tertiary alicyclic amines) is 1. The van der Waals surface area contributed by atoms with Crippen LogP contribution in [0.2, 0.25) is 5.02 Å². The van der Waals surface area contributed by atoms with Gasteiger partial charge in [-0.25, -0.2) is 0 Å². The van der Waals surface area contributed by atoms with Gasteiger partial charge in [0.25, 0.3) is 0 Å². The average molecular weight is 470 g/mol. The van der Waals surface area contributed by atoms with E-state index in [0.29, 0.717) is 0 Å². The first-order valence-electron chi connectivity index (χ1n) is 12.3. The normalized spacial score (nSPS) is 16.7. The Bertz CT molecular complexity index is 1290. The predicted molar refractivity (Wildman–Crippen MR) is 146 cm³/mol. The second-order valence-electron chi connectivity index (χ2n) is 9.35. The Balaban J connectivity index is 1.20. The molecular formula is C30H32ClN3. The first-order chi connectivity index (χ1) is 16.6. The number of benzene rings is 2. The lowest BCUT2D eigenvalue weighted by Crippen LogP contribution is -2.32. The van der Waals surface area contributed by atoms with Crippen LogP contribution < -0.4 is 5.32 Å². The molecule has 1 saturated heterocycles. The van der Waals surface area contributed by atoms with Crippen LogP contribution in [0.1, 0.15) is 44.2 Å². The van der Waals surface area contributed by atoms with Crippen LogP contribution >= 0.6 is 11.6 Å². The summed E-state index contributed by atoms with van der Waals surface area (Å²) < 4.78 is 0. The van der Waals surface area contributed by atoms with E-state index in [2.05, 4.69) is 65.5 Å². The van der Waals surface area contributed by atoms with Crippen molar-refractivity contribution in [3.8, 4) is 0 Å². The number of nitrogens with zero attached hydrogens (tertiary/aromatic N) is 2. The molecule has 0 radical (unpaired) electrons. The van der Waals surface area contributed by atoms with Gasteiger partial charge in [0.1, 0.15) is 0 Å². The molecule has 0 unspecified atom stereocenters. The highest BCUT2D eigenvalue weighted by molar-refractivity contribution is 6.31. The van der Waals surface area contributed by atoms with Crippen LogP contribution in [0.25, 0.3) is 22.6 Å². The number of nitrogens with one attached hydrogen (secondary N) is 1. The van der Waals surface area contributed by atoms with Crippen molar-refractivity contribution in [2.75, 3.05) is 31.5 Å². The van der Waals surface area contributed by atoms with Crippen molar-refractivity contribution in [2.24, 2.45) is 0 Å². The van der Waals surface area contributed by atoms with Crippen molar-refractivity contribution in [2.45, 2.75) is 33.1 Å². The summed E-state index contributed by atoms with van der Waals surface area (Å²) in [4.78, 5) is 7.05. The molecule has 5 rings (SSSR count). The zero-order valence-corrected chi connectivity index (χ0v) is 20.8. The van der Waals surface area contributed by atoms with E-state index in [1.54, 1.807) is 5.57 Å². The minimum Gasteiger partial charge on any atom is -0.384 e. The van der Waals surface area contributed by atoms with Gasteiger partial charge in [-0.3, -0.25) is 4.98 Å². The molecule has 1 aromatic heterocycles. The van der Waals surface area contributed by atoms with Gasteiger partial charge in [-0.2, -0.15) is 0 Å². The van der Waals surface area contributed by atoms with Crippen molar-refractivity contribution in [1.82, 2.24) is 9.88 Å². The number of rotatable bonds is 5. The van der Waals surface area contributed by atoms with Crippen LogP contribution in [0, 0.1) is 0 Å². The fourth-order valence-electron chi connectivity index (χ4n) is 5.16. The lowest BCUT2D eigenvalue weighted by Gasteiger charge is -2.30. The van der Waals surface area contributed by atoms with Crippen LogP contribution in [-0.4, -0.2) is 36.1 Å². The van der Waals surface area contributed by atoms with Crippen molar-refractivity contribution < 1.29 is 0 Å². The summed E-state index contributed by atoms with van der Waals surface area (Å²) in [5, 5.41) is 5.45. The van der Waals surface area contributed by atoms with Gasteiger partial charge in [0.2, 0.25) is 0 Å². The van der Waals surface area contributed by atoms with Gasteiger partial charge < -0.3 is 10.2 Å². The van der Waals surface area contributed by atoms with Crippen LogP contribution in [0.15, 0.2) is 77.5 Å². The molecule has 0 atom stereocenters.